The zero-order valence-corrected chi connectivity index (χ0v) is 16.1. The van der Waals surface area contributed by atoms with E-state index in [1.807, 2.05) is 12.1 Å². The van der Waals surface area contributed by atoms with Crippen LogP contribution in [0.15, 0.2) is 52.6 Å². The Morgan fingerprint density at radius 3 is 2.72 bits per heavy atom. The summed E-state index contributed by atoms with van der Waals surface area (Å²) in [6, 6.07) is 12.3. The first kappa shape index (κ1) is 17.9. The predicted molar refractivity (Wildman–Crippen MR) is 105 cm³/mol. The average molecular weight is 373 g/mol. The number of rotatable bonds is 7. The Balaban J connectivity index is 1.99. The molecule has 1 aromatic heterocycles. The van der Waals surface area contributed by atoms with Crippen LogP contribution in [0.3, 0.4) is 0 Å². The highest BCUT2D eigenvalue weighted by atomic mass is 32.2. The average Bonchev–Trinajstić information content (AvgIpc) is 2.62. The van der Waals surface area contributed by atoms with Gasteiger partial charge in [0.15, 0.2) is 11.5 Å². The largest absolute Gasteiger partial charge is 0.493 e. The highest BCUT2D eigenvalue weighted by Crippen LogP contribution is 2.37. The second-order valence-electron chi connectivity index (χ2n) is 5.46. The lowest BCUT2D eigenvalue weighted by Crippen LogP contribution is -2.02. The van der Waals surface area contributed by atoms with Crippen molar-refractivity contribution in [3.8, 4) is 11.5 Å². The fraction of sp³-hybridized carbons (Fsp3) is 0.263. The van der Waals surface area contributed by atoms with Crippen molar-refractivity contribution < 1.29 is 9.47 Å². The highest BCUT2D eigenvalue weighted by molar-refractivity contribution is 7.99. The summed E-state index contributed by atoms with van der Waals surface area (Å²) >= 11 is 3.38. The van der Waals surface area contributed by atoms with Gasteiger partial charge in [0, 0.05) is 22.1 Å². The number of benzene rings is 2. The second-order valence-corrected chi connectivity index (χ2v) is 7.51. The molecule has 0 spiro atoms. The molecule has 0 N–H and O–H groups in total. The fourth-order valence-electron chi connectivity index (χ4n) is 2.42. The number of ether oxygens (including phenoxy) is 2. The third-order valence-electron chi connectivity index (χ3n) is 3.63. The summed E-state index contributed by atoms with van der Waals surface area (Å²) in [6.07, 6.45) is 3.65. The van der Waals surface area contributed by atoms with Crippen LogP contribution in [0.1, 0.15) is 5.56 Å². The van der Waals surface area contributed by atoms with Crippen molar-refractivity contribution in [1.29, 1.82) is 0 Å². The first-order valence-electron chi connectivity index (χ1n) is 7.90. The molecule has 0 bridgehead atoms. The minimum Gasteiger partial charge on any atom is -0.493 e. The predicted octanol–water partition coefficient (Wildman–Crippen LogP) is 4.84. The molecule has 1 heterocycles. The van der Waals surface area contributed by atoms with Crippen molar-refractivity contribution in [3.05, 3.63) is 48.3 Å². The van der Waals surface area contributed by atoms with Gasteiger partial charge in [-0.1, -0.05) is 29.5 Å². The van der Waals surface area contributed by atoms with Crippen LogP contribution in [0.25, 0.3) is 10.9 Å². The zero-order valence-electron chi connectivity index (χ0n) is 14.5. The number of hydrogen-bond donors (Lipinski definition) is 0. The van der Waals surface area contributed by atoms with Crippen LogP contribution in [0, 0.1) is 6.92 Å². The van der Waals surface area contributed by atoms with E-state index in [2.05, 4.69) is 47.4 Å². The summed E-state index contributed by atoms with van der Waals surface area (Å²) in [4.78, 5) is 10.0. The van der Waals surface area contributed by atoms with E-state index < -0.39 is 0 Å². The van der Waals surface area contributed by atoms with Gasteiger partial charge >= 0.3 is 0 Å². The molecule has 0 unspecified atom stereocenters. The van der Waals surface area contributed by atoms with Crippen LogP contribution in [-0.2, 0) is 0 Å². The van der Waals surface area contributed by atoms with Gasteiger partial charge in [0.1, 0.15) is 11.4 Å². The number of thioether (sulfide) groups is 1. The minimum absolute atomic E-state index is 0.636. The van der Waals surface area contributed by atoms with Crippen LogP contribution in [0.4, 0.5) is 0 Å². The number of hydrogen-bond acceptors (Lipinski definition) is 6. The number of aryl methyl sites for hydroxylation is 1. The molecule has 6 heteroatoms. The lowest BCUT2D eigenvalue weighted by molar-refractivity contribution is 0.314. The molecule has 0 aliphatic carbocycles. The summed E-state index contributed by atoms with van der Waals surface area (Å²) < 4.78 is 11.3. The molecule has 0 aliphatic heterocycles. The monoisotopic (exact) mass is 372 g/mol. The Morgan fingerprint density at radius 1 is 1.08 bits per heavy atom. The van der Waals surface area contributed by atoms with Gasteiger partial charge in [-0.2, -0.15) is 11.8 Å². The summed E-state index contributed by atoms with van der Waals surface area (Å²) in [5, 5.41) is 1.88. The zero-order chi connectivity index (χ0) is 17.6. The van der Waals surface area contributed by atoms with Crippen LogP contribution < -0.4 is 9.47 Å². The number of nitrogens with zero attached hydrogens (tertiary/aromatic N) is 2. The van der Waals surface area contributed by atoms with Gasteiger partial charge in [0.05, 0.1) is 19.2 Å². The van der Waals surface area contributed by atoms with Crippen molar-refractivity contribution in [2.24, 2.45) is 0 Å². The van der Waals surface area contributed by atoms with E-state index in [1.165, 1.54) is 5.56 Å². The number of methoxy groups -OCH3 is 1. The first-order chi connectivity index (χ1) is 12.2. The molecule has 130 valence electrons. The smallest absolute Gasteiger partial charge is 0.162 e. The fourth-order valence-corrected chi connectivity index (χ4v) is 3.66. The van der Waals surface area contributed by atoms with Crippen LogP contribution in [-0.4, -0.2) is 35.7 Å². The minimum atomic E-state index is 0.636. The summed E-state index contributed by atoms with van der Waals surface area (Å²) in [6.45, 7) is 2.72. The molecule has 25 heavy (non-hydrogen) atoms. The molecule has 0 saturated carbocycles. The van der Waals surface area contributed by atoms with Gasteiger partial charge in [0.2, 0.25) is 0 Å². The van der Waals surface area contributed by atoms with Gasteiger partial charge in [-0.25, -0.2) is 9.97 Å². The Labute approximate surface area is 156 Å². The number of aromatic nitrogens is 2. The van der Waals surface area contributed by atoms with Crippen molar-refractivity contribution in [2.75, 3.05) is 25.7 Å². The maximum absolute atomic E-state index is 5.89. The maximum Gasteiger partial charge on any atom is 0.162 e. The molecule has 3 aromatic rings. The van der Waals surface area contributed by atoms with E-state index in [9.17, 15) is 0 Å². The molecule has 0 aliphatic rings. The van der Waals surface area contributed by atoms with Crippen LogP contribution in [0.5, 0.6) is 11.5 Å². The number of fused-ring (bicyclic) bond motifs is 1. The molecular weight excluding hydrogens is 352 g/mol. The Morgan fingerprint density at radius 2 is 1.96 bits per heavy atom. The third kappa shape index (κ3) is 4.38. The van der Waals surface area contributed by atoms with Gasteiger partial charge in [0.25, 0.3) is 0 Å². The molecular formula is C19H20N2O2S2. The standard InChI is InChI=1S/C19H20N2O2S2/c1-13-5-4-6-14(9-13)25-19-15-10-18(23-7-8-24-3)17(22-2)11-16(15)20-12-21-19/h4-6,9-12H,7-8H2,1-3H3. The lowest BCUT2D eigenvalue weighted by Gasteiger charge is -2.13. The molecule has 0 atom stereocenters. The molecule has 3 rings (SSSR count). The van der Waals surface area contributed by atoms with Crippen molar-refractivity contribution in [1.82, 2.24) is 9.97 Å². The Hall–Kier alpha value is -1.92. The molecule has 0 radical (unpaired) electrons. The molecule has 4 nitrogen and oxygen atoms in total. The van der Waals surface area contributed by atoms with Gasteiger partial charge in [-0.15, -0.1) is 0 Å². The van der Waals surface area contributed by atoms with Gasteiger partial charge < -0.3 is 9.47 Å². The van der Waals surface area contributed by atoms with E-state index in [0.717, 1.165) is 32.3 Å². The maximum atomic E-state index is 5.89. The van der Waals surface area contributed by atoms with Crippen molar-refractivity contribution in [3.63, 3.8) is 0 Å². The second kappa shape index (κ2) is 8.45. The molecule has 0 saturated heterocycles. The van der Waals surface area contributed by atoms with Gasteiger partial charge in [-0.05, 0) is 31.4 Å². The van der Waals surface area contributed by atoms with E-state index in [1.54, 1.807) is 37.0 Å². The quantitative estimate of drug-likeness (QED) is 0.437. The Kier molecular flexibility index (Phi) is 6.04. The molecule has 0 amide bonds. The van der Waals surface area contributed by atoms with Crippen LogP contribution in [0.2, 0.25) is 0 Å². The van der Waals surface area contributed by atoms with Crippen molar-refractivity contribution >= 4 is 34.4 Å². The van der Waals surface area contributed by atoms with Crippen molar-refractivity contribution in [2.45, 2.75) is 16.8 Å². The third-order valence-corrected chi connectivity index (χ3v) is 5.22. The molecule has 2 aromatic carbocycles. The molecule has 0 fully saturated rings. The highest BCUT2D eigenvalue weighted by Gasteiger charge is 2.12. The SMILES string of the molecule is COc1cc2ncnc(Sc3cccc(C)c3)c2cc1OCCSC. The van der Waals surface area contributed by atoms with E-state index in [4.69, 9.17) is 9.47 Å². The van der Waals surface area contributed by atoms with Gasteiger partial charge in [-0.3, -0.25) is 0 Å². The Bertz CT molecular complexity index is 871. The van der Waals surface area contributed by atoms with E-state index >= 15 is 0 Å². The lowest BCUT2D eigenvalue weighted by atomic mass is 10.2. The first-order valence-corrected chi connectivity index (χ1v) is 10.1. The summed E-state index contributed by atoms with van der Waals surface area (Å²) in [7, 11) is 1.65. The normalized spacial score (nSPS) is 10.8. The summed E-state index contributed by atoms with van der Waals surface area (Å²) in [5.74, 6) is 2.35. The van der Waals surface area contributed by atoms with Crippen LogP contribution >= 0.6 is 23.5 Å². The van der Waals surface area contributed by atoms with E-state index in [0.29, 0.717) is 12.4 Å². The summed E-state index contributed by atoms with van der Waals surface area (Å²) in [5.41, 5.74) is 2.07. The topological polar surface area (TPSA) is 44.2 Å². The van der Waals surface area contributed by atoms with E-state index in [-0.39, 0.29) is 0 Å².